The fraction of sp³-hybridized carbons (Fsp3) is 0.400. The second-order valence-corrected chi connectivity index (χ2v) is 7.63. The van der Waals surface area contributed by atoms with Gasteiger partial charge < -0.3 is 15.4 Å². The molecule has 2 atom stereocenters. The number of hydrogen-bond donors (Lipinski definition) is 2. The average molecular weight is 389 g/mol. The van der Waals surface area contributed by atoms with E-state index < -0.39 is 0 Å². The minimum Gasteiger partial charge on any atom is -0.439 e. The molecular formula is C20H25FN4OS. The van der Waals surface area contributed by atoms with Gasteiger partial charge in [-0.25, -0.2) is 9.37 Å². The molecule has 1 aliphatic rings. The summed E-state index contributed by atoms with van der Waals surface area (Å²) in [5.41, 5.74) is 1.03. The lowest BCUT2D eigenvalue weighted by molar-refractivity contribution is 0.460. The molecule has 7 heteroatoms. The van der Waals surface area contributed by atoms with Crippen molar-refractivity contribution in [2.45, 2.75) is 37.1 Å². The number of aromatic nitrogens is 1. The van der Waals surface area contributed by atoms with Crippen LogP contribution < -0.4 is 15.4 Å². The van der Waals surface area contributed by atoms with Crippen molar-refractivity contribution in [2.24, 2.45) is 4.99 Å². The smallest absolute Gasteiger partial charge is 0.219 e. The molecule has 0 spiro atoms. The molecule has 1 fully saturated rings. The molecule has 27 heavy (non-hydrogen) atoms. The molecule has 0 amide bonds. The zero-order valence-corrected chi connectivity index (χ0v) is 16.4. The number of guanidine groups is 1. The highest BCUT2D eigenvalue weighted by atomic mass is 32.2. The lowest BCUT2D eigenvalue weighted by Gasteiger charge is -2.17. The summed E-state index contributed by atoms with van der Waals surface area (Å²) < 4.78 is 18.7. The van der Waals surface area contributed by atoms with Crippen LogP contribution >= 0.6 is 11.8 Å². The van der Waals surface area contributed by atoms with Crippen molar-refractivity contribution in [3.63, 3.8) is 0 Å². The highest BCUT2D eigenvalue weighted by Gasteiger charge is 2.24. The quantitative estimate of drug-likeness (QED) is 0.579. The fourth-order valence-electron chi connectivity index (χ4n) is 3.10. The third-order valence-corrected chi connectivity index (χ3v) is 5.67. The van der Waals surface area contributed by atoms with Crippen molar-refractivity contribution >= 4 is 17.7 Å². The summed E-state index contributed by atoms with van der Waals surface area (Å²) in [5.74, 6) is 1.54. The second kappa shape index (κ2) is 9.60. The van der Waals surface area contributed by atoms with Crippen LogP contribution in [0, 0.1) is 5.82 Å². The molecule has 2 aromatic rings. The second-order valence-electron chi connectivity index (χ2n) is 6.50. The van der Waals surface area contributed by atoms with E-state index >= 15 is 0 Å². The van der Waals surface area contributed by atoms with Gasteiger partial charge in [-0.2, -0.15) is 11.8 Å². The van der Waals surface area contributed by atoms with Gasteiger partial charge in [-0.1, -0.05) is 0 Å². The highest BCUT2D eigenvalue weighted by Crippen LogP contribution is 2.28. The summed E-state index contributed by atoms with van der Waals surface area (Å²) in [7, 11) is 1.78. The molecule has 0 bridgehead atoms. The van der Waals surface area contributed by atoms with Gasteiger partial charge in [0, 0.05) is 37.1 Å². The van der Waals surface area contributed by atoms with Crippen LogP contribution in [0.2, 0.25) is 0 Å². The highest BCUT2D eigenvalue weighted by molar-refractivity contribution is 7.99. The number of ether oxygens (including phenoxy) is 1. The minimum absolute atomic E-state index is 0.293. The molecule has 3 rings (SSSR count). The van der Waals surface area contributed by atoms with E-state index in [0.717, 1.165) is 16.8 Å². The Morgan fingerprint density at radius 3 is 2.81 bits per heavy atom. The molecule has 0 aliphatic heterocycles. The SMILES string of the molecule is CN=C(NCc1ccnc(Oc2ccc(F)cc2)c1)NC1CCC(SC)C1. The van der Waals surface area contributed by atoms with Crippen molar-refractivity contribution in [2.75, 3.05) is 13.3 Å². The molecule has 1 aromatic carbocycles. The first kappa shape index (κ1) is 19.5. The summed E-state index contributed by atoms with van der Waals surface area (Å²) in [6.07, 6.45) is 7.48. The molecule has 144 valence electrons. The monoisotopic (exact) mass is 388 g/mol. The van der Waals surface area contributed by atoms with Gasteiger partial charge in [-0.3, -0.25) is 4.99 Å². The van der Waals surface area contributed by atoms with Gasteiger partial charge in [0.2, 0.25) is 5.88 Å². The minimum atomic E-state index is -0.293. The summed E-state index contributed by atoms with van der Waals surface area (Å²) in [6, 6.07) is 10.2. The van der Waals surface area contributed by atoms with E-state index in [1.54, 1.807) is 25.4 Å². The van der Waals surface area contributed by atoms with Gasteiger partial charge in [0.25, 0.3) is 0 Å². The van der Waals surface area contributed by atoms with Crippen molar-refractivity contribution < 1.29 is 9.13 Å². The van der Waals surface area contributed by atoms with Crippen LogP contribution in [0.25, 0.3) is 0 Å². The van der Waals surface area contributed by atoms with Crippen LogP contribution in [0.1, 0.15) is 24.8 Å². The van der Waals surface area contributed by atoms with Gasteiger partial charge in [0.1, 0.15) is 11.6 Å². The van der Waals surface area contributed by atoms with Gasteiger partial charge >= 0.3 is 0 Å². The van der Waals surface area contributed by atoms with Crippen LogP contribution in [0.4, 0.5) is 4.39 Å². The van der Waals surface area contributed by atoms with Crippen molar-refractivity contribution in [1.82, 2.24) is 15.6 Å². The normalized spacial score (nSPS) is 19.7. The van der Waals surface area contributed by atoms with Crippen molar-refractivity contribution in [3.8, 4) is 11.6 Å². The Bertz CT molecular complexity index is 769. The van der Waals surface area contributed by atoms with E-state index in [2.05, 4.69) is 26.9 Å². The average Bonchev–Trinajstić information content (AvgIpc) is 3.15. The molecule has 5 nitrogen and oxygen atoms in total. The first-order chi connectivity index (χ1) is 13.2. The lowest BCUT2D eigenvalue weighted by Crippen LogP contribution is -2.42. The molecule has 1 heterocycles. The Kier molecular flexibility index (Phi) is 6.92. The van der Waals surface area contributed by atoms with Gasteiger partial charge in [-0.15, -0.1) is 0 Å². The number of rotatable bonds is 6. The lowest BCUT2D eigenvalue weighted by atomic mass is 10.2. The number of thioether (sulfide) groups is 1. The number of aliphatic imine (C=N–C) groups is 1. The first-order valence-corrected chi connectivity index (χ1v) is 10.3. The third kappa shape index (κ3) is 5.85. The Morgan fingerprint density at radius 1 is 1.30 bits per heavy atom. The molecule has 1 saturated carbocycles. The topological polar surface area (TPSA) is 58.5 Å². The Labute approximate surface area is 163 Å². The predicted molar refractivity (Wildman–Crippen MR) is 109 cm³/mol. The van der Waals surface area contributed by atoms with Crippen molar-refractivity contribution in [1.29, 1.82) is 0 Å². The zero-order valence-electron chi connectivity index (χ0n) is 15.6. The van der Waals surface area contributed by atoms with Crippen LogP contribution in [0.5, 0.6) is 11.6 Å². The van der Waals surface area contributed by atoms with E-state index in [4.69, 9.17) is 4.74 Å². The Hall–Kier alpha value is -2.28. The van der Waals surface area contributed by atoms with Gasteiger partial charge in [-0.05, 0) is 61.4 Å². The molecular weight excluding hydrogens is 363 g/mol. The third-order valence-electron chi connectivity index (χ3n) is 4.58. The van der Waals surface area contributed by atoms with E-state index in [1.807, 2.05) is 23.9 Å². The maximum atomic E-state index is 13.0. The Balaban J connectivity index is 1.53. The maximum absolute atomic E-state index is 13.0. The van der Waals surface area contributed by atoms with E-state index in [0.29, 0.717) is 24.2 Å². The van der Waals surface area contributed by atoms with Gasteiger partial charge in [0.15, 0.2) is 5.96 Å². The number of benzene rings is 1. The molecule has 1 aliphatic carbocycles. The van der Waals surface area contributed by atoms with Crippen LogP contribution in [-0.4, -0.2) is 35.5 Å². The van der Waals surface area contributed by atoms with Crippen LogP contribution in [0.3, 0.4) is 0 Å². The van der Waals surface area contributed by atoms with E-state index in [-0.39, 0.29) is 5.82 Å². The fourth-order valence-corrected chi connectivity index (χ4v) is 3.90. The molecule has 0 saturated heterocycles. The number of pyridine rings is 1. The van der Waals surface area contributed by atoms with E-state index in [1.165, 1.54) is 31.4 Å². The van der Waals surface area contributed by atoms with Gasteiger partial charge in [0.05, 0.1) is 0 Å². The Morgan fingerprint density at radius 2 is 2.11 bits per heavy atom. The molecule has 1 aromatic heterocycles. The maximum Gasteiger partial charge on any atom is 0.219 e. The summed E-state index contributed by atoms with van der Waals surface area (Å²) in [4.78, 5) is 8.53. The number of halogens is 1. The van der Waals surface area contributed by atoms with Crippen LogP contribution in [-0.2, 0) is 6.54 Å². The molecule has 0 radical (unpaired) electrons. The molecule has 2 unspecified atom stereocenters. The largest absolute Gasteiger partial charge is 0.439 e. The van der Waals surface area contributed by atoms with E-state index in [9.17, 15) is 4.39 Å². The number of nitrogens with zero attached hydrogens (tertiary/aromatic N) is 2. The van der Waals surface area contributed by atoms with Crippen molar-refractivity contribution in [3.05, 3.63) is 54.0 Å². The summed E-state index contributed by atoms with van der Waals surface area (Å²) in [6.45, 7) is 0.612. The number of nitrogens with one attached hydrogen (secondary N) is 2. The predicted octanol–water partition coefficient (Wildman–Crippen LogP) is 3.96. The number of hydrogen-bond acceptors (Lipinski definition) is 4. The summed E-state index contributed by atoms with van der Waals surface area (Å²) in [5, 5.41) is 7.59. The zero-order chi connectivity index (χ0) is 19.1. The standard InChI is InChI=1S/C20H25FN4OS/c1-22-20(25-16-5-8-18(12-16)27-2)24-13-14-9-10-23-19(11-14)26-17-6-3-15(21)4-7-17/h3-4,6-7,9-11,16,18H,5,8,12-13H2,1-2H3,(H2,22,24,25). The first-order valence-electron chi connectivity index (χ1n) is 9.04. The molecule has 2 N–H and O–H groups in total. The summed E-state index contributed by atoms with van der Waals surface area (Å²) >= 11 is 1.94. The van der Waals surface area contributed by atoms with Crippen LogP contribution in [0.15, 0.2) is 47.6 Å².